The number of alkyl halides is 3. The number of anilines is 2. The van der Waals surface area contributed by atoms with Crippen LogP contribution in [0.3, 0.4) is 0 Å². The smallest absolute Gasteiger partial charge is 0.416 e. The average Bonchev–Trinajstić information content (AvgIpc) is 3.57. The van der Waals surface area contributed by atoms with Gasteiger partial charge in [0.2, 0.25) is 0 Å². The van der Waals surface area contributed by atoms with E-state index >= 15 is 0 Å². The number of benzene rings is 1. The standard InChI is InChI=1S/C28H31F3N6O2SSi/c1-18-15-23(37-12-9-22(36-37)26-33-11-14-40-26)20(10-13-38-41(5,6)27(2,3)4)25(34-18)35-21-8-7-19(17-32)16-24(21)39-28(29,30)31/h7-9,11-12,14-16H,10,13H2,1-6H3,(H,34,35). The van der Waals surface area contributed by atoms with Crippen LogP contribution in [0, 0.1) is 18.3 Å². The van der Waals surface area contributed by atoms with Crippen molar-refractivity contribution >= 4 is 31.2 Å². The van der Waals surface area contributed by atoms with Gasteiger partial charge in [0.15, 0.2) is 14.1 Å². The van der Waals surface area contributed by atoms with Gasteiger partial charge in [0, 0.05) is 48.1 Å². The van der Waals surface area contributed by atoms with E-state index in [1.54, 1.807) is 17.8 Å². The molecule has 0 bridgehead atoms. The first kappa shape index (κ1) is 30.2. The van der Waals surface area contributed by atoms with E-state index in [1.165, 1.54) is 23.5 Å². The molecule has 0 radical (unpaired) electrons. The molecule has 0 saturated carbocycles. The molecule has 8 nitrogen and oxygen atoms in total. The Morgan fingerprint density at radius 3 is 2.54 bits per heavy atom. The van der Waals surface area contributed by atoms with E-state index in [2.05, 4.69) is 53.9 Å². The molecule has 0 aliphatic rings. The van der Waals surface area contributed by atoms with Crippen molar-refractivity contribution in [1.82, 2.24) is 19.7 Å². The summed E-state index contributed by atoms with van der Waals surface area (Å²) in [5.74, 6) is -0.197. The molecule has 13 heteroatoms. The monoisotopic (exact) mass is 600 g/mol. The van der Waals surface area contributed by atoms with E-state index in [1.807, 2.05) is 29.8 Å². The van der Waals surface area contributed by atoms with Crippen LogP contribution in [-0.4, -0.2) is 41.0 Å². The normalized spacial score (nSPS) is 12.3. The molecule has 3 heterocycles. The number of nitrogens with zero attached hydrogens (tertiary/aromatic N) is 5. The Morgan fingerprint density at radius 2 is 1.90 bits per heavy atom. The zero-order chi connectivity index (χ0) is 30.0. The molecule has 3 aromatic heterocycles. The Bertz CT molecular complexity index is 1560. The van der Waals surface area contributed by atoms with Gasteiger partial charge in [-0.2, -0.15) is 10.4 Å². The molecule has 0 fully saturated rings. The van der Waals surface area contributed by atoms with Gasteiger partial charge in [0.1, 0.15) is 16.5 Å². The van der Waals surface area contributed by atoms with E-state index < -0.39 is 20.4 Å². The largest absolute Gasteiger partial charge is 0.573 e. The number of rotatable bonds is 9. The van der Waals surface area contributed by atoms with E-state index in [4.69, 9.17) is 9.52 Å². The summed E-state index contributed by atoms with van der Waals surface area (Å²) in [5, 5.41) is 19.6. The Hall–Kier alpha value is -3.73. The third-order valence-corrected chi connectivity index (χ3v) is 12.3. The van der Waals surface area contributed by atoms with Gasteiger partial charge in [-0.3, -0.25) is 0 Å². The number of hydrogen-bond acceptors (Lipinski definition) is 8. The predicted octanol–water partition coefficient (Wildman–Crippen LogP) is 7.78. The van der Waals surface area contributed by atoms with Gasteiger partial charge >= 0.3 is 6.36 Å². The fourth-order valence-corrected chi connectivity index (χ4v) is 5.46. The van der Waals surface area contributed by atoms with Gasteiger partial charge in [-0.25, -0.2) is 14.6 Å². The minimum Gasteiger partial charge on any atom is -0.416 e. The lowest BCUT2D eigenvalue weighted by atomic mass is 10.1. The van der Waals surface area contributed by atoms with Crippen LogP contribution in [0.2, 0.25) is 18.1 Å². The molecule has 4 rings (SSSR count). The predicted molar refractivity (Wildman–Crippen MR) is 155 cm³/mol. The van der Waals surface area contributed by atoms with Gasteiger partial charge < -0.3 is 14.5 Å². The number of nitriles is 1. The maximum Gasteiger partial charge on any atom is 0.573 e. The summed E-state index contributed by atoms with van der Waals surface area (Å²) in [6, 6.07) is 9.40. The van der Waals surface area contributed by atoms with Crippen molar-refractivity contribution in [3.63, 3.8) is 0 Å². The summed E-state index contributed by atoms with van der Waals surface area (Å²) in [6.45, 7) is 13.0. The second-order valence-electron chi connectivity index (χ2n) is 10.9. The molecule has 1 N–H and O–H groups in total. The Morgan fingerprint density at radius 1 is 1.15 bits per heavy atom. The summed E-state index contributed by atoms with van der Waals surface area (Å²) in [6.07, 6.45) is -1.01. The molecule has 41 heavy (non-hydrogen) atoms. The highest BCUT2D eigenvalue weighted by Crippen LogP contribution is 2.38. The molecular weight excluding hydrogens is 569 g/mol. The van der Waals surface area contributed by atoms with Crippen molar-refractivity contribution in [2.75, 3.05) is 11.9 Å². The lowest BCUT2D eigenvalue weighted by molar-refractivity contribution is -0.274. The zero-order valence-corrected chi connectivity index (χ0v) is 25.4. The second-order valence-corrected chi connectivity index (χ2v) is 16.7. The van der Waals surface area contributed by atoms with Crippen LogP contribution < -0.4 is 10.1 Å². The van der Waals surface area contributed by atoms with Gasteiger partial charge in [-0.1, -0.05) is 20.8 Å². The van der Waals surface area contributed by atoms with E-state index in [9.17, 15) is 18.4 Å². The van der Waals surface area contributed by atoms with Crippen LogP contribution in [0.1, 0.15) is 37.6 Å². The van der Waals surface area contributed by atoms with Crippen molar-refractivity contribution in [3.05, 3.63) is 64.9 Å². The van der Waals surface area contributed by atoms with E-state index in [0.717, 1.165) is 11.1 Å². The third kappa shape index (κ3) is 7.32. The van der Waals surface area contributed by atoms with Crippen LogP contribution in [-0.2, 0) is 10.8 Å². The minimum atomic E-state index is -4.95. The molecule has 216 valence electrons. The number of ether oxygens (including phenoxy) is 1. The average molecular weight is 601 g/mol. The molecule has 0 amide bonds. The number of hydrogen-bond donors (Lipinski definition) is 1. The number of aromatic nitrogens is 4. The minimum absolute atomic E-state index is 0.000644. The highest BCUT2D eigenvalue weighted by atomic mass is 32.1. The molecule has 0 unspecified atom stereocenters. The number of nitrogens with one attached hydrogen (secondary N) is 1. The fraction of sp³-hybridized carbons (Fsp3) is 0.357. The van der Waals surface area contributed by atoms with Gasteiger partial charge in [0.25, 0.3) is 0 Å². The van der Waals surface area contributed by atoms with Crippen LogP contribution in [0.25, 0.3) is 16.4 Å². The highest BCUT2D eigenvalue weighted by molar-refractivity contribution is 7.13. The molecular formula is C28H31F3N6O2SSi. The maximum absolute atomic E-state index is 13.2. The fourth-order valence-electron chi connectivity index (χ4n) is 3.82. The molecule has 0 saturated heterocycles. The first-order valence-corrected chi connectivity index (χ1v) is 16.6. The highest BCUT2D eigenvalue weighted by Gasteiger charge is 2.37. The molecule has 0 aliphatic heterocycles. The van der Waals surface area contributed by atoms with E-state index in [-0.39, 0.29) is 16.3 Å². The van der Waals surface area contributed by atoms with Crippen LogP contribution >= 0.6 is 11.3 Å². The second kappa shape index (κ2) is 11.6. The van der Waals surface area contributed by atoms with Crippen molar-refractivity contribution in [1.29, 1.82) is 5.26 Å². The molecule has 1 aromatic carbocycles. The Kier molecular flexibility index (Phi) is 8.58. The van der Waals surface area contributed by atoms with Crippen LogP contribution in [0.15, 0.2) is 48.1 Å². The Labute approximate surface area is 241 Å². The SMILES string of the molecule is Cc1cc(-n2ccc(-c3nccs3)n2)c(CCO[Si](C)(C)C(C)(C)C)c(Nc2ccc(C#N)cc2OC(F)(F)F)n1. The van der Waals surface area contributed by atoms with Gasteiger partial charge in [-0.15, -0.1) is 24.5 Å². The van der Waals surface area contributed by atoms with Crippen LogP contribution in [0.5, 0.6) is 5.75 Å². The van der Waals surface area contributed by atoms with Crippen LogP contribution in [0.4, 0.5) is 24.7 Å². The molecule has 4 aromatic rings. The number of aryl methyl sites for hydroxylation is 1. The molecule has 0 spiro atoms. The topological polar surface area (TPSA) is 97.9 Å². The first-order valence-electron chi connectivity index (χ1n) is 12.8. The van der Waals surface area contributed by atoms with Gasteiger partial charge in [-0.05, 0) is 49.3 Å². The van der Waals surface area contributed by atoms with Crippen molar-refractivity contribution in [2.24, 2.45) is 0 Å². The lowest BCUT2D eigenvalue weighted by Gasteiger charge is -2.36. The number of halogens is 3. The third-order valence-electron chi connectivity index (χ3n) is 6.93. The quantitative estimate of drug-likeness (QED) is 0.196. The zero-order valence-electron chi connectivity index (χ0n) is 23.6. The summed E-state index contributed by atoms with van der Waals surface area (Å²) in [5.41, 5.74) is 2.76. The molecule has 0 aliphatic carbocycles. The summed E-state index contributed by atoms with van der Waals surface area (Å²) >= 11 is 1.47. The molecule has 0 atom stereocenters. The van der Waals surface area contributed by atoms with Crippen molar-refractivity contribution in [2.45, 2.75) is 58.6 Å². The number of thiazole rings is 1. The van der Waals surface area contributed by atoms with Gasteiger partial charge in [0.05, 0.1) is 23.0 Å². The summed E-state index contributed by atoms with van der Waals surface area (Å²) < 4.78 is 52.1. The maximum atomic E-state index is 13.2. The summed E-state index contributed by atoms with van der Waals surface area (Å²) in [4.78, 5) is 8.98. The van der Waals surface area contributed by atoms with Crippen molar-refractivity contribution < 1.29 is 22.3 Å². The van der Waals surface area contributed by atoms with Crippen molar-refractivity contribution in [3.8, 4) is 28.2 Å². The number of pyridine rings is 1. The lowest BCUT2D eigenvalue weighted by Crippen LogP contribution is -2.41. The summed E-state index contributed by atoms with van der Waals surface area (Å²) in [7, 11) is -2.08. The first-order chi connectivity index (χ1) is 19.2. The van der Waals surface area contributed by atoms with E-state index in [0.29, 0.717) is 41.5 Å². The Balaban J connectivity index is 1.78.